The summed E-state index contributed by atoms with van der Waals surface area (Å²) in [5.74, 6) is 0. The number of H-pyrrole nitrogens is 1. The number of aromatic amines is 1. The van der Waals surface area contributed by atoms with Gasteiger partial charge in [0.05, 0.1) is 34.2 Å². The third-order valence-electron chi connectivity index (χ3n) is 5.24. The second-order valence-corrected chi connectivity index (χ2v) is 8.62. The van der Waals surface area contributed by atoms with Gasteiger partial charge in [0.2, 0.25) is 0 Å². The van der Waals surface area contributed by atoms with Crippen LogP contribution in [0.5, 0.6) is 0 Å². The minimum Gasteiger partial charge on any atom is -0.400 e. The number of aryl methyl sites for hydroxylation is 1. The molecule has 0 atom stereocenters. The van der Waals surface area contributed by atoms with Gasteiger partial charge in [0.15, 0.2) is 5.65 Å². The van der Waals surface area contributed by atoms with E-state index in [1.807, 2.05) is 25.2 Å². The number of thiazole rings is 1. The summed E-state index contributed by atoms with van der Waals surface area (Å²) in [4.78, 5) is 17.9. The van der Waals surface area contributed by atoms with E-state index in [0.717, 1.165) is 37.8 Å². The number of hydrogen-bond donors (Lipinski definition) is 3. The maximum Gasteiger partial charge on any atom is 0.291 e. The third kappa shape index (κ3) is 3.11. The Balaban J connectivity index is 1.59. The lowest BCUT2D eigenvalue weighted by atomic mass is 10.1. The molecule has 0 unspecified atom stereocenters. The third-order valence-corrected chi connectivity index (χ3v) is 6.67. The highest BCUT2D eigenvalue weighted by atomic mass is 35.5. The Kier molecular flexibility index (Phi) is 4.60. The summed E-state index contributed by atoms with van der Waals surface area (Å²) >= 11 is 7.37. The molecule has 0 aliphatic heterocycles. The summed E-state index contributed by atoms with van der Waals surface area (Å²) in [5, 5.41) is 21.3. The van der Waals surface area contributed by atoms with Gasteiger partial charge in [-0.3, -0.25) is 9.89 Å². The Hall–Kier alpha value is -3.50. The van der Waals surface area contributed by atoms with E-state index in [4.69, 9.17) is 22.7 Å². The maximum atomic E-state index is 13.2. The molecule has 0 aliphatic carbocycles. The quantitative estimate of drug-likeness (QED) is 0.353. The van der Waals surface area contributed by atoms with Gasteiger partial charge in [0.25, 0.3) is 5.56 Å². The zero-order chi connectivity index (χ0) is 21.7. The number of hydrogen-bond acceptors (Lipinski definition) is 7. The number of nitrogens with zero attached hydrogens (tertiary/aromatic N) is 5. The number of rotatable bonds is 5. The number of fused-ring (bicyclic) bond motifs is 4. The normalized spacial score (nSPS) is 12.7. The minimum atomic E-state index is -0.182. The highest BCUT2D eigenvalue weighted by Crippen LogP contribution is 2.31. The molecule has 156 valence electrons. The number of nitrogens with one attached hydrogen (secondary N) is 2. The van der Waals surface area contributed by atoms with Crippen LogP contribution in [0.25, 0.3) is 32.2 Å². The predicted octanol–water partition coefficient (Wildman–Crippen LogP) is 2.87. The Bertz CT molecular complexity index is 1570. The van der Waals surface area contributed by atoms with Crippen molar-refractivity contribution in [2.45, 2.75) is 13.0 Å². The second kappa shape index (κ2) is 7.33. The average Bonchev–Trinajstić information content (AvgIpc) is 3.46. The van der Waals surface area contributed by atoms with Crippen LogP contribution >= 0.6 is 22.9 Å². The van der Waals surface area contributed by atoms with Crippen molar-refractivity contribution in [1.82, 2.24) is 29.5 Å². The Labute approximate surface area is 184 Å². The van der Waals surface area contributed by atoms with E-state index >= 15 is 0 Å². The summed E-state index contributed by atoms with van der Waals surface area (Å²) in [6.45, 7) is 0.340. The van der Waals surface area contributed by atoms with Crippen LogP contribution < -0.4 is 11.3 Å². The zero-order valence-corrected chi connectivity index (χ0v) is 18.0. The van der Waals surface area contributed by atoms with E-state index in [1.54, 1.807) is 17.0 Å². The number of benzene rings is 1. The van der Waals surface area contributed by atoms with Crippen molar-refractivity contribution in [3.63, 3.8) is 0 Å². The van der Waals surface area contributed by atoms with E-state index in [-0.39, 0.29) is 10.6 Å². The molecule has 0 spiro atoms. The minimum absolute atomic E-state index is 0.182. The van der Waals surface area contributed by atoms with Crippen LogP contribution in [0, 0.1) is 5.41 Å². The van der Waals surface area contributed by atoms with Crippen LogP contribution in [0.2, 0.25) is 0 Å². The van der Waals surface area contributed by atoms with Crippen LogP contribution in [-0.4, -0.2) is 35.7 Å². The number of aromatic nitrogens is 6. The standard InChI is InChI=1S/C20H17ClN8OS/c1-28-17-12(18-19(28)26-16(31-18)5-14(23)13(21)6-22)8-25-29(20(17)30)9-10-3-2-4-15-11(10)7-24-27-15/h2-4,6-8,22H,5,9,23H2,1H3,(H,24,27). The summed E-state index contributed by atoms with van der Waals surface area (Å²) < 4.78 is 4.13. The van der Waals surface area contributed by atoms with Crippen molar-refractivity contribution >= 4 is 61.3 Å². The van der Waals surface area contributed by atoms with Crippen molar-refractivity contribution in [3.8, 4) is 0 Å². The van der Waals surface area contributed by atoms with Gasteiger partial charge in [-0.05, 0) is 11.6 Å². The first-order valence-electron chi connectivity index (χ1n) is 9.37. The number of nitrogens with two attached hydrogens (primary N) is 1. The Morgan fingerprint density at radius 2 is 2.19 bits per heavy atom. The van der Waals surface area contributed by atoms with E-state index in [9.17, 15) is 4.79 Å². The van der Waals surface area contributed by atoms with Gasteiger partial charge >= 0.3 is 0 Å². The van der Waals surface area contributed by atoms with Crippen LogP contribution in [0.1, 0.15) is 10.6 Å². The molecule has 0 amide bonds. The molecule has 4 aromatic heterocycles. The molecule has 0 saturated carbocycles. The summed E-state index contributed by atoms with van der Waals surface area (Å²) in [7, 11) is 1.82. The average molecular weight is 453 g/mol. The molecule has 5 rings (SSSR count). The van der Waals surface area contributed by atoms with Crippen LogP contribution in [0.3, 0.4) is 0 Å². The van der Waals surface area contributed by atoms with Gasteiger partial charge in [0.1, 0.15) is 10.5 Å². The van der Waals surface area contributed by atoms with Gasteiger partial charge in [-0.2, -0.15) is 10.2 Å². The lowest BCUT2D eigenvalue weighted by Crippen LogP contribution is -2.24. The van der Waals surface area contributed by atoms with Crippen LogP contribution in [0.15, 0.2) is 46.1 Å². The molecule has 4 heterocycles. The number of halogens is 1. The summed E-state index contributed by atoms with van der Waals surface area (Å²) in [5.41, 5.74) is 9.26. The molecule has 0 bridgehead atoms. The zero-order valence-electron chi connectivity index (χ0n) is 16.4. The lowest BCUT2D eigenvalue weighted by Gasteiger charge is -2.07. The first kappa shape index (κ1) is 19.5. The first-order valence-corrected chi connectivity index (χ1v) is 10.6. The van der Waals surface area contributed by atoms with E-state index < -0.39 is 0 Å². The van der Waals surface area contributed by atoms with Gasteiger partial charge in [-0.25, -0.2) is 9.67 Å². The molecule has 1 aromatic carbocycles. The fraction of sp³-hybridized carbons (Fsp3) is 0.150. The summed E-state index contributed by atoms with van der Waals surface area (Å²) in [6, 6.07) is 5.83. The molecule has 9 nitrogen and oxygen atoms in total. The van der Waals surface area contributed by atoms with Crippen molar-refractivity contribution in [3.05, 3.63) is 62.2 Å². The SMILES string of the molecule is Cn1c2nc(CC(N)=C(Cl)C=N)sc2c2cnn(Cc3cccc4[nH]ncc34)c(=O)c21. The molecular formula is C20H17ClN8OS. The molecule has 0 aliphatic rings. The smallest absolute Gasteiger partial charge is 0.291 e. The lowest BCUT2D eigenvalue weighted by molar-refractivity contribution is 0.647. The molecule has 31 heavy (non-hydrogen) atoms. The summed E-state index contributed by atoms with van der Waals surface area (Å²) in [6.07, 6.45) is 4.81. The topological polar surface area (TPSA) is 131 Å². The maximum absolute atomic E-state index is 13.2. The second-order valence-electron chi connectivity index (χ2n) is 7.13. The van der Waals surface area contributed by atoms with E-state index in [1.165, 1.54) is 16.0 Å². The van der Waals surface area contributed by atoms with Crippen LogP contribution in [-0.2, 0) is 20.0 Å². The van der Waals surface area contributed by atoms with Crippen LogP contribution in [0.4, 0.5) is 0 Å². The van der Waals surface area contributed by atoms with Gasteiger partial charge < -0.3 is 15.7 Å². The fourth-order valence-electron chi connectivity index (χ4n) is 3.69. The predicted molar refractivity (Wildman–Crippen MR) is 123 cm³/mol. The molecule has 4 N–H and O–H groups in total. The van der Waals surface area contributed by atoms with Gasteiger partial charge in [-0.15, -0.1) is 11.3 Å². The van der Waals surface area contributed by atoms with Crippen molar-refractivity contribution in [2.24, 2.45) is 12.8 Å². The highest BCUT2D eigenvalue weighted by molar-refractivity contribution is 7.19. The fourth-order valence-corrected chi connectivity index (χ4v) is 4.88. The molecular weight excluding hydrogens is 436 g/mol. The molecule has 5 aromatic rings. The Morgan fingerprint density at radius 1 is 1.35 bits per heavy atom. The molecule has 0 radical (unpaired) electrons. The highest BCUT2D eigenvalue weighted by Gasteiger charge is 2.19. The first-order chi connectivity index (χ1) is 15.0. The van der Waals surface area contributed by atoms with Gasteiger partial charge in [-0.1, -0.05) is 23.7 Å². The molecule has 0 fully saturated rings. The van der Waals surface area contributed by atoms with Crippen molar-refractivity contribution in [1.29, 1.82) is 5.41 Å². The van der Waals surface area contributed by atoms with Gasteiger partial charge in [0, 0.05) is 36.2 Å². The molecule has 0 saturated heterocycles. The van der Waals surface area contributed by atoms with Crippen molar-refractivity contribution < 1.29 is 0 Å². The molecule has 11 heteroatoms. The Morgan fingerprint density at radius 3 is 3.00 bits per heavy atom. The monoisotopic (exact) mass is 452 g/mol. The van der Waals surface area contributed by atoms with E-state index in [2.05, 4.69) is 20.3 Å². The van der Waals surface area contributed by atoms with Crippen molar-refractivity contribution in [2.75, 3.05) is 0 Å². The number of allylic oxidation sites excluding steroid dienone is 2. The largest absolute Gasteiger partial charge is 0.400 e. The van der Waals surface area contributed by atoms with E-state index in [0.29, 0.717) is 29.8 Å².